The molecule has 1 heterocycles. The predicted molar refractivity (Wildman–Crippen MR) is 88.4 cm³/mol. The molecular weight excluding hydrogens is 294 g/mol. The average Bonchev–Trinajstić information content (AvgIpc) is 3.01. The zero-order chi connectivity index (χ0) is 16.7. The van der Waals surface area contributed by atoms with Crippen molar-refractivity contribution in [2.75, 3.05) is 12.4 Å². The van der Waals surface area contributed by atoms with Gasteiger partial charge in [0.15, 0.2) is 5.76 Å². The highest BCUT2D eigenvalue weighted by molar-refractivity contribution is 5.91. The van der Waals surface area contributed by atoms with Gasteiger partial charge in [0.25, 0.3) is 0 Å². The molecule has 2 rings (SSSR count). The van der Waals surface area contributed by atoms with Gasteiger partial charge in [-0.1, -0.05) is 12.1 Å². The largest absolute Gasteiger partial charge is 0.497 e. The van der Waals surface area contributed by atoms with Crippen molar-refractivity contribution in [2.24, 2.45) is 0 Å². The summed E-state index contributed by atoms with van der Waals surface area (Å²) in [6.07, 6.45) is 1.23. The highest BCUT2D eigenvalue weighted by Gasteiger charge is 2.10. The van der Waals surface area contributed by atoms with E-state index in [-0.39, 0.29) is 11.9 Å². The fraction of sp³-hybridized carbons (Fsp3) is 0.412. The summed E-state index contributed by atoms with van der Waals surface area (Å²) in [5.41, 5.74) is 1.69. The van der Waals surface area contributed by atoms with Gasteiger partial charge in [0, 0.05) is 24.2 Å². The SMILES string of the molecule is CCc1cc(CNC(C)CC(=O)Nc2ccc(OC)cc2)on1. The molecule has 0 aliphatic rings. The third-order valence-corrected chi connectivity index (χ3v) is 3.46. The first-order valence-electron chi connectivity index (χ1n) is 7.72. The van der Waals surface area contributed by atoms with Crippen LogP contribution in [0.25, 0.3) is 0 Å². The van der Waals surface area contributed by atoms with Crippen LogP contribution in [0.5, 0.6) is 5.75 Å². The molecule has 1 atom stereocenters. The molecule has 1 aromatic carbocycles. The van der Waals surface area contributed by atoms with Crippen LogP contribution in [0.3, 0.4) is 0 Å². The van der Waals surface area contributed by atoms with Crippen LogP contribution in [0.1, 0.15) is 31.7 Å². The summed E-state index contributed by atoms with van der Waals surface area (Å²) in [5, 5.41) is 10.1. The lowest BCUT2D eigenvalue weighted by Crippen LogP contribution is -2.30. The normalized spacial score (nSPS) is 12.0. The number of amides is 1. The van der Waals surface area contributed by atoms with Gasteiger partial charge in [-0.2, -0.15) is 0 Å². The van der Waals surface area contributed by atoms with Crippen molar-refractivity contribution in [2.45, 2.75) is 39.3 Å². The van der Waals surface area contributed by atoms with Gasteiger partial charge in [-0.05, 0) is 37.6 Å². The maximum absolute atomic E-state index is 12.0. The maximum Gasteiger partial charge on any atom is 0.225 e. The van der Waals surface area contributed by atoms with E-state index >= 15 is 0 Å². The number of carbonyl (C=O) groups is 1. The number of methoxy groups -OCH3 is 1. The van der Waals surface area contributed by atoms with Crippen LogP contribution in [0.4, 0.5) is 5.69 Å². The number of carbonyl (C=O) groups excluding carboxylic acids is 1. The quantitative estimate of drug-likeness (QED) is 0.783. The molecular formula is C17H23N3O3. The van der Waals surface area contributed by atoms with E-state index in [1.165, 1.54) is 0 Å². The van der Waals surface area contributed by atoms with Crippen LogP contribution in [-0.4, -0.2) is 24.2 Å². The zero-order valence-corrected chi connectivity index (χ0v) is 13.8. The van der Waals surface area contributed by atoms with E-state index in [0.29, 0.717) is 13.0 Å². The van der Waals surface area contributed by atoms with Gasteiger partial charge in [-0.15, -0.1) is 0 Å². The van der Waals surface area contributed by atoms with Gasteiger partial charge in [0.1, 0.15) is 5.75 Å². The van der Waals surface area contributed by atoms with Gasteiger partial charge >= 0.3 is 0 Å². The Balaban J connectivity index is 1.75. The molecule has 0 radical (unpaired) electrons. The summed E-state index contributed by atoms with van der Waals surface area (Å²) in [6.45, 7) is 4.55. The van der Waals surface area contributed by atoms with E-state index in [1.54, 1.807) is 7.11 Å². The molecule has 0 spiro atoms. The number of aryl methyl sites for hydroxylation is 1. The van der Waals surface area contributed by atoms with E-state index in [2.05, 4.69) is 15.8 Å². The van der Waals surface area contributed by atoms with Crippen LogP contribution in [0.2, 0.25) is 0 Å². The Bertz CT molecular complexity index is 622. The average molecular weight is 317 g/mol. The molecule has 1 aromatic heterocycles. The number of benzene rings is 1. The monoisotopic (exact) mass is 317 g/mol. The van der Waals surface area contributed by atoms with E-state index in [9.17, 15) is 4.79 Å². The molecule has 2 N–H and O–H groups in total. The molecule has 0 aliphatic heterocycles. The molecule has 0 saturated heterocycles. The second-order valence-electron chi connectivity index (χ2n) is 5.40. The molecule has 23 heavy (non-hydrogen) atoms. The predicted octanol–water partition coefficient (Wildman–Crippen LogP) is 2.75. The Kier molecular flexibility index (Phi) is 6.17. The second kappa shape index (κ2) is 8.33. The minimum Gasteiger partial charge on any atom is -0.497 e. The fourth-order valence-corrected chi connectivity index (χ4v) is 2.12. The van der Waals surface area contributed by atoms with Crippen molar-refractivity contribution in [3.05, 3.63) is 41.8 Å². The molecule has 6 nitrogen and oxygen atoms in total. The van der Waals surface area contributed by atoms with Crippen LogP contribution >= 0.6 is 0 Å². The number of hydrogen-bond acceptors (Lipinski definition) is 5. The standard InChI is InChI=1S/C17H23N3O3/c1-4-13-10-16(23-20-13)11-18-12(2)9-17(21)19-14-5-7-15(22-3)8-6-14/h5-8,10,12,18H,4,9,11H2,1-3H3,(H,19,21). The summed E-state index contributed by atoms with van der Waals surface area (Å²) >= 11 is 0. The Labute approximate surface area is 136 Å². The third kappa shape index (κ3) is 5.41. The first-order valence-corrected chi connectivity index (χ1v) is 7.72. The lowest BCUT2D eigenvalue weighted by molar-refractivity contribution is -0.116. The lowest BCUT2D eigenvalue weighted by atomic mass is 10.2. The molecule has 1 amide bonds. The van der Waals surface area contributed by atoms with Crippen LogP contribution in [0.15, 0.2) is 34.9 Å². The number of nitrogens with one attached hydrogen (secondary N) is 2. The molecule has 2 aromatic rings. The van der Waals surface area contributed by atoms with Gasteiger partial charge in [0.05, 0.1) is 19.3 Å². The minimum atomic E-state index is -0.0398. The van der Waals surface area contributed by atoms with Crippen molar-refractivity contribution in [1.29, 1.82) is 0 Å². The summed E-state index contributed by atoms with van der Waals surface area (Å²) in [5.74, 6) is 1.50. The Morgan fingerprint density at radius 2 is 2.09 bits per heavy atom. The highest BCUT2D eigenvalue weighted by Crippen LogP contribution is 2.15. The van der Waals surface area contributed by atoms with Crippen LogP contribution in [-0.2, 0) is 17.8 Å². The number of nitrogens with zero attached hydrogens (tertiary/aromatic N) is 1. The minimum absolute atomic E-state index is 0.0309. The topological polar surface area (TPSA) is 76.4 Å². The maximum atomic E-state index is 12.0. The molecule has 0 fully saturated rings. The smallest absolute Gasteiger partial charge is 0.225 e. The van der Waals surface area contributed by atoms with E-state index in [1.807, 2.05) is 44.2 Å². The molecule has 0 aliphatic carbocycles. The summed E-state index contributed by atoms with van der Waals surface area (Å²) < 4.78 is 10.3. The van der Waals surface area contributed by atoms with Gasteiger partial charge < -0.3 is 19.9 Å². The number of hydrogen-bond donors (Lipinski definition) is 2. The first-order chi connectivity index (χ1) is 11.1. The summed E-state index contributed by atoms with van der Waals surface area (Å²) in [6, 6.07) is 9.21. The summed E-state index contributed by atoms with van der Waals surface area (Å²) in [4.78, 5) is 12.0. The van der Waals surface area contributed by atoms with Crippen LogP contribution < -0.4 is 15.4 Å². The molecule has 6 heteroatoms. The van der Waals surface area contributed by atoms with Crippen molar-refractivity contribution in [1.82, 2.24) is 10.5 Å². The molecule has 124 valence electrons. The van der Waals surface area contributed by atoms with Crippen LogP contribution in [0, 0.1) is 0 Å². The molecule has 1 unspecified atom stereocenters. The van der Waals surface area contributed by atoms with Gasteiger partial charge in [-0.3, -0.25) is 4.79 Å². The van der Waals surface area contributed by atoms with Crippen molar-refractivity contribution in [3.8, 4) is 5.75 Å². The van der Waals surface area contributed by atoms with Gasteiger partial charge in [0.2, 0.25) is 5.91 Å². The van der Waals surface area contributed by atoms with E-state index < -0.39 is 0 Å². The first kappa shape index (κ1) is 17.0. The van der Waals surface area contributed by atoms with Crippen molar-refractivity contribution in [3.63, 3.8) is 0 Å². The lowest BCUT2D eigenvalue weighted by Gasteiger charge is -2.12. The number of anilines is 1. The van der Waals surface area contributed by atoms with Crippen molar-refractivity contribution >= 4 is 11.6 Å². The summed E-state index contributed by atoms with van der Waals surface area (Å²) in [7, 11) is 1.61. The molecule has 0 bridgehead atoms. The second-order valence-corrected chi connectivity index (χ2v) is 5.40. The number of rotatable bonds is 8. The fourth-order valence-electron chi connectivity index (χ4n) is 2.12. The Morgan fingerprint density at radius 3 is 2.70 bits per heavy atom. The van der Waals surface area contributed by atoms with E-state index in [0.717, 1.165) is 29.3 Å². The number of aromatic nitrogens is 1. The Hall–Kier alpha value is -2.34. The van der Waals surface area contributed by atoms with Crippen molar-refractivity contribution < 1.29 is 14.1 Å². The van der Waals surface area contributed by atoms with E-state index in [4.69, 9.17) is 9.26 Å². The van der Waals surface area contributed by atoms with Gasteiger partial charge in [-0.25, -0.2) is 0 Å². The third-order valence-electron chi connectivity index (χ3n) is 3.46. The Morgan fingerprint density at radius 1 is 1.35 bits per heavy atom. The number of ether oxygens (including phenoxy) is 1. The zero-order valence-electron chi connectivity index (χ0n) is 13.8. The molecule has 0 saturated carbocycles. The highest BCUT2D eigenvalue weighted by atomic mass is 16.5.